The Balaban J connectivity index is 2.20. The molecule has 1 N–H and O–H groups in total. The van der Waals surface area contributed by atoms with Crippen molar-refractivity contribution >= 4 is 0 Å². The molecule has 1 aromatic heterocycles. The first-order valence-corrected chi connectivity index (χ1v) is 5.80. The molecule has 2 rings (SSSR count). The molecular formula is C11H19N3O2. The van der Waals surface area contributed by atoms with Crippen molar-refractivity contribution in [3.05, 3.63) is 11.4 Å². The van der Waals surface area contributed by atoms with E-state index in [9.17, 15) is 5.11 Å². The molecule has 1 fully saturated rings. The Morgan fingerprint density at radius 3 is 2.81 bits per heavy atom. The maximum atomic E-state index is 9.18. The second kappa shape index (κ2) is 4.93. The zero-order chi connectivity index (χ0) is 11.5. The van der Waals surface area contributed by atoms with E-state index in [4.69, 9.17) is 4.74 Å². The Morgan fingerprint density at radius 1 is 1.56 bits per heavy atom. The van der Waals surface area contributed by atoms with Gasteiger partial charge in [-0.2, -0.15) is 0 Å². The molecule has 0 aromatic carbocycles. The lowest BCUT2D eigenvalue weighted by Gasteiger charge is -2.31. The number of hydrogen-bond acceptors (Lipinski definition) is 4. The summed E-state index contributed by atoms with van der Waals surface area (Å²) in [6.45, 7) is 2.55. The van der Waals surface area contributed by atoms with Gasteiger partial charge in [-0.15, -0.1) is 5.10 Å². The summed E-state index contributed by atoms with van der Waals surface area (Å²) in [5, 5.41) is 17.3. The normalized spacial score (nSPS) is 18.4. The molecule has 0 spiro atoms. The number of aliphatic hydroxyl groups excluding tert-OH is 1. The van der Waals surface area contributed by atoms with Crippen LogP contribution in [-0.2, 0) is 18.0 Å². The number of nitrogens with zero attached hydrogens (tertiary/aromatic N) is 3. The Hall–Kier alpha value is -0.940. The van der Waals surface area contributed by atoms with E-state index in [0.29, 0.717) is 24.3 Å². The van der Waals surface area contributed by atoms with Crippen LogP contribution in [0.25, 0.3) is 0 Å². The molecule has 1 aromatic rings. The van der Waals surface area contributed by atoms with Crippen molar-refractivity contribution in [2.45, 2.75) is 45.4 Å². The molecule has 90 valence electrons. The van der Waals surface area contributed by atoms with Crippen LogP contribution in [0.3, 0.4) is 0 Å². The minimum Gasteiger partial charge on any atom is -0.390 e. The topological polar surface area (TPSA) is 60.2 Å². The Morgan fingerprint density at radius 2 is 2.31 bits per heavy atom. The highest BCUT2D eigenvalue weighted by molar-refractivity contribution is 5.09. The van der Waals surface area contributed by atoms with Crippen LogP contribution in [0.15, 0.2) is 0 Å². The van der Waals surface area contributed by atoms with Gasteiger partial charge in [0.2, 0.25) is 0 Å². The van der Waals surface area contributed by atoms with Crippen LogP contribution < -0.4 is 0 Å². The van der Waals surface area contributed by atoms with E-state index in [-0.39, 0.29) is 6.61 Å². The predicted octanol–water partition coefficient (Wildman–Crippen LogP) is 1.28. The van der Waals surface area contributed by atoms with Gasteiger partial charge in [0.25, 0.3) is 0 Å². The van der Waals surface area contributed by atoms with Gasteiger partial charge >= 0.3 is 0 Å². The standard InChI is InChI=1S/C11H19N3O2/c1-8(9-4-3-5-9)14-11(7-16-2)10(6-15)12-13-14/h8-9,15H,3-7H2,1-2H3. The molecule has 1 unspecified atom stereocenters. The van der Waals surface area contributed by atoms with Crippen LogP contribution in [0, 0.1) is 5.92 Å². The van der Waals surface area contributed by atoms with Crippen molar-refractivity contribution in [2.75, 3.05) is 7.11 Å². The highest BCUT2D eigenvalue weighted by atomic mass is 16.5. The number of aromatic nitrogens is 3. The van der Waals surface area contributed by atoms with E-state index in [1.165, 1.54) is 19.3 Å². The third kappa shape index (κ3) is 1.97. The Bertz CT molecular complexity index is 347. The van der Waals surface area contributed by atoms with Gasteiger partial charge in [0, 0.05) is 7.11 Å². The van der Waals surface area contributed by atoms with Gasteiger partial charge in [-0.3, -0.25) is 0 Å². The van der Waals surface area contributed by atoms with E-state index in [1.54, 1.807) is 7.11 Å². The number of aliphatic hydroxyl groups is 1. The fourth-order valence-electron chi connectivity index (χ4n) is 2.20. The van der Waals surface area contributed by atoms with Crippen molar-refractivity contribution in [2.24, 2.45) is 5.92 Å². The number of hydrogen-bond donors (Lipinski definition) is 1. The van der Waals surface area contributed by atoms with Gasteiger partial charge in [0.05, 0.1) is 24.9 Å². The average molecular weight is 225 g/mol. The summed E-state index contributed by atoms with van der Waals surface area (Å²) in [6, 6.07) is 0.353. The molecule has 5 heteroatoms. The van der Waals surface area contributed by atoms with Crippen molar-refractivity contribution in [1.82, 2.24) is 15.0 Å². The van der Waals surface area contributed by atoms with Crippen molar-refractivity contribution in [1.29, 1.82) is 0 Å². The van der Waals surface area contributed by atoms with Crippen LogP contribution >= 0.6 is 0 Å². The molecule has 1 atom stereocenters. The van der Waals surface area contributed by atoms with E-state index < -0.39 is 0 Å². The SMILES string of the molecule is COCc1c(CO)nnn1C(C)C1CCC1. The molecule has 1 aliphatic rings. The largest absolute Gasteiger partial charge is 0.390 e. The van der Waals surface area contributed by atoms with Crippen LogP contribution in [0.2, 0.25) is 0 Å². The van der Waals surface area contributed by atoms with E-state index >= 15 is 0 Å². The summed E-state index contributed by atoms with van der Waals surface area (Å²) in [4.78, 5) is 0. The molecule has 16 heavy (non-hydrogen) atoms. The fraction of sp³-hybridized carbons (Fsp3) is 0.818. The highest BCUT2D eigenvalue weighted by Crippen LogP contribution is 2.36. The second-order valence-electron chi connectivity index (χ2n) is 4.45. The zero-order valence-corrected chi connectivity index (χ0v) is 9.89. The van der Waals surface area contributed by atoms with Crippen LogP contribution in [0.4, 0.5) is 0 Å². The predicted molar refractivity (Wildman–Crippen MR) is 58.7 cm³/mol. The molecular weight excluding hydrogens is 206 g/mol. The quantitative estimate of drug-likeness (QED) is 0.820. The van der Waals surface area contributed by atoms with Gasteiger partial charge < -0.3 is 9.84 Å². The third-order valence-corrected chi connectivity index (χ3v) is 3.52. The van der Waals surface area contributed by atoms with Crippen molar-refractivity contribution in [3.8, 4) is 0 Å². The van der Waals surface area contributed by atoms with Crippen LogP contribution in [0.1, 0.15) is 43.6 Å². The monoisotopic (exact) mass is 225 g/mol. The molecule has 1 aliphatic carbocycles. The van der Waals surface area contributed by atoms with E-state index in [2.05, 4.69) is 17.2 Å². The number of methoxy groups -OCH3 is 1. The first-order valence-electron chi connectivity index (χ1n) is 5.80. The lowest BCUT2D eigenvalue weighted by Crippen LogP contribution is -2.25. The molecule has 0 saturated heterocycles. The van der Waals surface area contributed by atoms with Gasteiger partial charge in [-0.1, -0.05) is 11.6 Å². The summed E-state index contributed by atoms with van der Waals surface area (Å²) < 4.78 is 7.05. The molecule has 1 heterocycles. The summed E-state index contributed by atoms with van der Waals surface area (Å²) in [6.07, 6.45) is 3.85. The fourth-order valence-corrected chi connectivity index (χ4v) is 2.20. The first-order chi connectivity index (χ1) is 7.77. The van der Waals surface area contributed by atoms with Gasteiger partial charge in [-0.05, 0) is 25.7 Å². The highest BCUT2D eigenvalue weighted by Gasteiger charge is 2.28. The molecule has 5 nitrogen and oxygen atoms in total. The van der Waals surface area contributed by atoms with E-state index in [1.807, 2.05) is 4.68 Å². The van der Waals surface area contributed by atoms with Crippen LogP contribution in [-0.4, -0.2) is 27.2 Å². The van der Waals surface area contributed by atoms with Crippen molar-refractivity contribution < 1.29 is 9.84 Å². The summed E-state index contributed by atoms with van der Waals surface area (Å²) in [7, 11) is 1.65. The minimum absolute atomic E-state index is 0.0733. The zero-order valence-electron chi connectivity index (χ0n) is 9.89. The second-order valence-corrected chi connectivity index (χ2v) is 4.45. The van der Waals surface area contributed by atoms with Gasteiger partial charge in [0.1, 0.15) is 5.69 Å². The molecule has 0 bridgehead atoms. The molecule has 1 saturated carbocycles. The minimum atomic E-state index is -0.0733. The smallest absolute Gasteiger partial charge is 0.114 e. The maximum Gasteiger partial charge on any atom is 0.114 e. The molecule has 0 amide bonds. The maximum absolute atomic E-state index is 9.18. The van der Waals surface area contributed by atoms with Crippen LogP contribution in [0.5, 0.6) is 0 Å². The lowest BCUT2D eigenvalue weighted by atomic mass is 9.80. The average Bonchev–Trinajstić information content (AvgIpc) is 2.59. The van der Waals surface area contributed by atoms with Gasteiger partial charge in [0.15, 0.2) is 0 Å². The summed E-state index contributed by atoms with van der Waals surface area (Å²) in [5.41, 5.74) is 1.54. The summed E-state index contributed by atoms with van der Waals surface area (Å²) in [5.74, 6) is 0.698. The molecule has 0 radical (unpaired) electrons. The van der Waals surface area contributed by atoms with Crippen molar-refractivity contribution in [3.63, 3.8) is 0 Å². The summed E-state index contributed by atoms with van der Waals surface area (Å²) >= 11 is 0. The third-order valence-electron chi connectivity index (χ3n) is 3.52. The first kappa shape index (κ1) is 11.5. The Labute approximate surface area is 95.4 Å². The molecule has 0 aliphatic heterocycles. The van der Waals surface area contributed by atoms with E-state index in [0.717, 1.165) is 5.69 Å². The number of rotatable bonds is 5. The number of ether oxygens (including phenoxy) is 1. The Kier molecular flexibility index (Phi) is 3.56. The van der Waals surface area contributed by atoms with Gasteiger partial charge in [-0.25, -0.2) is 4.68 Å². The lowest BCUT2D eigenvalue weighted by molar-refractivity contribution is 0.156.